The number of nitrogens with one attached hydrogen (secondary N) is 1. The molecule has 160 valence electrons. The molecule has 1 fully saturated rings. The van der Waals surface area contributed by atoms with Crippen molar-refractivity contribution in [3.05, 3.63) is 66.6 Å². The molecule has 31 heavy (non-hydrogen) atoms. The molecule has 10 heteroatoms. The van der Waals surface area contributed by atoms with Crippen molar-refractivity contribution in [2.24, 2.45) is 0 Å². The molecule has 9 nitrogen and oxygen atoms in total. The van der Waals surface area contributed by atoms with Crippen molar-refractivity contribution in [2.75, 3.05) is 22.5 Å². The van der Waals surface area contributed by atoms with E-state index in [1.54, 1.807) is 23.1 Å². The van der Waals surface area contributed by atoms with Crippen LogP contribution >= 0.6 is 0 Å². The average molecular weight is 440 g/mol. The van der Waals surface area contributed by atoms with Crippen LogP contribution in [0, 0.1) is 0 Å². The first-order chi connectivity index (χ1) is 14.9. The zero-order chi connectivity index (χ0) is 21.8. The molecule has 2 aromatic carbocycles. The Morgan fingerprint density at radius 1 is 1.06 bits per heavy atom. The molecule has 3 aromatic rings. The first-order valence-corrected chi connectivity index (χ1v) is 11.3. The third-order valence-electron chi connectivity index (χ3n) is 4.93. The van der Waals surface area contributed by atoms with Gasteiger partial charge in [0.15, 0.2) is 9.84 Å². The molecule has 1 N–H and O–H groups in total. The predicted octanol–water partition coefficient (Wildman–Crippen LogP) is 2.39. The fraction of sp³-hybridized carbons (Fsp3) is 0.238. The van der Waals surface area contributed by atoms with Crippen LogP contribution in [0.4, 0.5) is 11.7 Å². The molecule has 0 bridgehead atoms. The molecule has 2 heterocycles. The minimum Gasteiger partial charge on any atom is -0.407 e. The Kier molecular flexibility index (Phi) is 5.81. The van der Waals surface area contributed by atoms with Crippen LogP contribution < -0.4 is 10.2 Å². The number of para-hydroxylation sites is 1. The molecular formula is C21H20N4O5S. The number of sulfone groups is 1. The molecule has 1 saturated heterocycles. The number of rotatable bonds is 7. The second-order valence-electron chi connectivity index (χ2n) is 7.12. The lowest BCUT2D eigenvalue weighted by molar-refractivity contribution is -0.117. The normalized spacial score (nSPS) is 16.5. The molecule has 0 saturated carbocycles. The SMILES string of the molecule is O=C(CCS(=O)(=O)c1ccccc1)Nc1nnc(C2CC(=O)N(c3ccccc3)C2)o1. The second-order valence-corrected chi connectivity index (χ2v) is 9.23. The molecule has 1 aromatic heterocycles. The van der Waals surface area contributed by atoms with Gasteiger partial charge in [-0.1, -0.05) is 41.5 Å². The first-order valence-electron chi connectivity index (χ1n) is 9.69. The van der Waals surface area contributed by atoms with Gasteiger partial charge in [-0.3, -0.25) is 14.9 Å². The Morgan fingerprint density at radius 3 is 2.45 bits per heavy atom. The summed E-state index contributed by atoms with van der Waals surface area (Å²) in [5.74, 6) is -0.981. The number of benzene rings is 2. The second kappa shape index (κ2) is 8.68. The fourth-order valence-corrected chi connectivity index (χ4v) is 4.60. The van der Waals surface area contributed by atoms with Crippen molar-refractivity contribution in [2.45, 2.75) is 23.7 Å². The topological polar surface area (TPSA) is 122 Å². The van der Waals surface area contributed by atoms with Crippen LogP contribution in [0.2, 0.25) is 0 Å². The number of aromatic nitrogens is 2. The van der Waals surface area contributed by atoms with Crippen molar-refractivity contribution >= 4 is 33.4 Å². The predicted molar refractivity (Wildman–Crippen MR) is 112 cm³/mol. The summed E-state index contributed by atoms with van der Waals surface area (Å²) < 4.78 is 30.1. The summed E-state index contributed by atoms with van der Waals surface area (Å²) in [5, 5.41) is 10.2. The lowest BCUT2D eigenvalue weighted by Gasteiger charge is -2.15. The van der Waals surface area contributed by atoms with Crippen molar-refractivity contribution in [3.63, 3.8) is 0 Å². The number of anilines is 2. The van der Waals surface area contributed by atoms with E-state index in [2.05, 4.69) is 15.5 Å². The van der Waals surface area contributed by atoms with Gasteiger partial charge >= 0.3 is 6.01 Å². The van der Waals surface area contributed by atoms with E-state index in [4.69, 9.17) is 4.42 Å². The van der Waals surface area contributed by atoms with Crippen LogP contribution in [-0.4, -0.2) is 42.7 Å². The van der Waals surface area contributed by atoms with Gasteiger partial charge < -0.3 is 9.32 Å². The van der Waals surface area contributed by atoms with Crippen LogP contribution in [0.3, 0.4) is 0 Å². The van der Waals surface area contributed by atoms with E-state index in [1.165, 1.54) is 12.1 Å². The van der Waals surface area contributed by atoms with E-state index >= 15 is 0 Å². The zero-order valence-corrected chi connectivity index (χ0v) is 17.3. The highest BCUT2D eigenvalue weighted by molar-refractivity contribution is 7.91. The summed E-state index contributed by atoms with van der Waals surface area (Å²) in [6.07, 6.45) is -0.0293. The third-order valence-corrected chi connectivity index (χ3v) is 6.66. The van der Waals surface area contributed by atoms with Gasteiger partial charge in [0, 0.05) is 25.1 Å². The number of hydrogen-bond donors (Lipinski definition) is 1. The highest BCUT2D eigenvalue weighted by atomic mass is 32.2. The van der Waals surface area contributed by atoms with E-state index < -0.39 is 15.7 Å². The number of carbonyl (C=O) groups is 2. The van der Waals surface area contributed by atoms with Gasteiger partial charge in [0.1, 0.15) is 0 Å². The molecule has 1 aliphatic rings. The summed E-state index contributed by atoms with van der Waals surface area (Å²) in [6.45, 7) is 0.397. The van der Waals surface area contributed by atoms with Gasteiger partial charge in [-0.05, 0) is 24.3 Å². The fourth-order valence-electron chi connectivity index (χ4n) is 3.34. The lowest BCUT2D eigenvalue weighted by atomic mass is 10.1. The summed E-state index contributed by atoms with van der Waals surface area (Å²) in [5.41, 5.74) is 0.794. The summed E-state index contributed by atoms with van der Waals surface area (Å²) in [7, 11) is -3.56. The van der Waals surface area contributed by atoms with Crippen molar-refractivity contribution in [1.29, 1.82) is 0 Å². The monoisotopic (exact) mass is 440 g/mol. The first kappa shape index (κ1) is 20.7. The van der Waals surface area contributed by atoms with Gasteiger partial charge in [0.25, 0.3) is 0 Å². The van der Waals surface area contributed by atoms with Crippen LogP contribution in [0.5, 0.6) is 0 Å². The molecule has 2 amide bonds. The van der Waals surface area contributed by atoms with E-state index in [0.29, 0.717) is 6.54 Å². The molecule has 1 aliphatic heterocycles. The molecular weight excluding hydrogens is 420 g/mol. The van der Waals surface area contributed by atoms with Crippen LogP contribution in [0.15, 0.2) is 70.0 Å². The third kappa shape index (κ3) is 4.80. The molecule has 1 atom stereocenters. The maximum atomic E-state index is 12.3. The number of amides is 2. The Morgan fingerprint density at radius 2 is 1.74 bits per heavy atom. The van der Waals surface area contributed by atoms with E-state index in [9.17, 15) is 18.0 Å². The largest absolute Gasteiger partial charge is 0.407 e. The van der Waals surface area contributed by atoms with Gasteiger partial charge in [-0.25, -0.2) is 8.42 Å². The Hall–Kier alpha value is -3.53. The molecule has 1 unspecified atom stereocenters. The highest BCUT2D eigenvalue weighted by Crippen LogP contribution is 2.31. The number of carbonyl (C=O) groups excluding carboxylic acids is 2. The maximum absolute atomic E-state index is 12.3. The van der Waals surface area contributed by atoms with Gasteiger partial charge in [-0.15, -0.1) is 5.10 Å². The molecule has 0 spiro atoms. The quantitative estimate of drug-likeness (QED) is 0.598. The highest BCUT2D eigenvalue weighted by Gasteiger charge is 2.35. The molecule has 0 aliphatic carbocycles. The minimum absolute atomic E-state index is 0.0499. The lowest BCUT2D eigenvalue weighted by Crippen LogP contribution is -2.24. The van der Waals surface area contributed by atoms with E-state index in [0.717, 1.165) is 5.69 Å². The summed E-state index contributed by atoms with van der Waals surface area (Å²) >= 11 is 0. The summed E-state index contributed by atoms with van der Waals surface area (Å²) in [4.78, 5) is 26.3. The van der Waals surface area contributed by atoms with E-state index in [-0.39, 0.29) is 47.2 Å². The average Bonchev–Trinajstić information content (AvgIpc) is 3.40. The minimum atomic E-state index is -3.56. The number of hydrogen-bond acceptors (Lipinski definition) is 7. The van der Waals surface area contributed by atoms with Crippen molar-refractivity contribution in [3.8, 4) is 0 Å². The van der Waals surface area contributed by atoms with Gasteiger partial charge in [0.2, 0.25) is 17.7 Å². The van der Waals surface area contributed by atoms with Crippen LogP contribution in [-0.2, 0) is 19.4 Å². The van der Waals surface area contributed by atoms with Gasteiger partial charge in [0.05, 0.1) is 16.6 Å². The zero-order valence-electron chi connectivity index (χ0n) is 16.5. The Balaban J connectivity index is 1.34. The van der Waals surface area contributed by atoms with Crippen molar-refractivity contribution < 1.29 is 22.4 Å². The van der Waals surface area contributed by atoms with Gasteiger partial charge in [-0.2, -0.15) is 0 Å². The smallest absolute Gasteiger partial charge is 0.322 e. The maximum Gasteiger partial charge on any atom is 0.322 e. The Labute approximate surface area is 179 Å². The van der Waals surface area contributed by atoms with E-state index in [1.807, 2.05) is 30.3 Å². The number of nitrogens with zero attached hydrogens (tertiary/aromatic N) is 3. The van der Waals surface area contributed by atoms with Crippen LogP contribution in [0.25, 0.3) is 0 Å². The summed E-state index contributed by atoms with van der Waals surface area (Å²) in [6, 6.07) is 17.1. The molecule has 0 radical (unpaired) electrons. The molecule has 4 rings (SSSR count). The van der Waals surface area contributed by atoms with Crippen LogP contribution in [0.1, 0.15) is 24.7 Å². The Bertz CT molecular complexity index is 1180. The standard InChI is InChI=1S/C21H20N4O5S/c26-18(11-12-31(28,29)17-9-5-2-6-10-17)22-21-24-23-20(30-21)15-13-19(27)25(14-15)16-7-3-1-4-8-16/h1-10,15H,11-14H2,(H,22,24,26). The van der Waals surface area contributed by atoms with Crippen molar-refractivity contribution in [1.82, 2.24) is 10.2 Å².